The average molecular weight is 335 g/mol. The molecule has 0 radical (unpaired) electrons. The van der Waals surface area contributed by atoms with Crippen LogP contribution in [0.1, 0.15) is 62.1 Å². The van der Waals surface area contributed by atoms with Gasteiger partial charge in [-0.25, -0.2) is 0 Å². The molecule has 1 saturated heterocycles. The molecule has 1 amide bonds. The first kappa shape index (κ1) is 19.0. The quantitative estimate of drug-likeness (QED) is 0.770. The lowest BCUT2D eigenvalue weighted by Crippen LogP contribution is -2.33. The predicted molar refractivity (Wildman–Crippen MR) is 98.2 cm³/mol. The molecule has 0 aliphatic carbocycles. The highest BCUT2D eigenvalue weighted by atomic mass is 16.2. The van der Waals surface area contributed by atoms with Gasteiger partial charge in [0, 0.05) is 20.6 Å². The fourth-order valence-electron chi connectivity index (χ4n) is 3.43. The second-order valence-electron chi connectivity index (χ2n) is 7.58. The molecule has 1 aromatic heterocycles. The first-order valence-electron chi connectivity index (χ1n) is 9.48. The van der Waals surface area contributed by atoms with E-state index >= 15 is 0 Å². The standard InChI is InChI=1S/C19H34N4O/c1-16(2)14-17-15-18(22(4)20-17)19(24)21(3)10-9-13-23-11-7-5-6-8-12-23/h15-16H,5-14H2,1-4H3. The fraction of sp³-hybridized carbons (Fsp3) is 0.789. The van der Waals surface area contributed by atoms with E-state index in [-0.39, 0.29) is 5.91 Å². The zero-order valence-electron chi connectivity index (χ0n) is 15.9. The Balaban J connectivity index is 1.82. The molecule has 0 aromatic carbocycles. The number of aryl methyl sites for hydroxylation is 1. The van der Waals surface area contributed by atoms with Gasteiger partial charge in [-0.15, -0.1) is 0 Å². The number of rotatable bonds is 7. The van der Waals surface area contributed by atoms with Gasteiger partial charge in [-0.2, -0.15) is 5.10 Å². The smallest absolute Gasteiger partial charge is 0.271 e. The highest BCUT2D eigenvalue weighted by Gasteiger charge is 2.18. The average Bonchev–Trinajstić information content (AvgIpc) is 2.73. The number of hydrogen-bond donors (Lipinski definition) is 0. The third kappa shape index (κ3) is 5.62. The minimum absolute atomic E-state index is 0.0795. The molecule has 2 rings (SSSR count). The summed E-state index contributed by atoms with van der Waals surface area (Å²) in [6, 6.07) is 1.95. The predicted octanol–water partition coefficient (Wildman–Crippen LogP) is 2.96. The lowest BCUT2D eigenvalue weighted by atomic mass is 10.1. The van der Waals surface area contributed by atoms with Crippen molar-refractivity contribution in [1.82, 2.24) is 19.6 Å². The van der Waals surface area contributed by atoms with Crippen molar-refractivity contribution < 1.29 is 4.79 Å². The highest BCUT2D eigenvalue weighted by molar-refractivity contribution is 5.92. The van der Waals surface area contributed by atoms with Crippen molar-refractivity contribution in [2.24, 2.45) is 13.0 Å². The largest absolute Gasteiger partial charge is 0.340 e. The fourth-order valence-corrected chi connectivity index (χ4v) is 3.43. The van der Waals surface area contributed by atoms with Gasteiger partial charge in [0.05, 0.1) is 5.69 Å². The molecular weight excluding hydrogens is 300 g/mol. The van der Waals surface area contributed by atoms with Crippen LogP contribution in [0.25, 0.3) is 0 Å². The van der Waals surface area contributed by atoms with Crippen molar-refractivity contribution in [3.63, 3.8) is 0 Å². The van der Waals surface area contributed by atoms with Gasteiger partial charge in [0.15, 0.2) is 0 Å². The Morgan fingerprint density at radius 2 is 1.92 bits per heavy atom. The minimum Gasteiger partial charge on any atom is -0.340 e. The molecule has 1 aliphatic rings. The van der Waals surface area contributed by atoms with Crippen molar-refractivity contribution in [2.75, 3.05) is 33.2 Å². The van der Waals surface area contributed by atoms with E-state index in [9.17, 15) is 4.79 Å². The van der Waals surface area contributed by atoms with Gasteiger partial charge < -0.3 is 9.80 Å². The molecule has 1 aromatic rings. The van der Waals surface area contributed by atoms with Crippen LogP contribution in [0.3, 0.4) is 0 Å². The van der Waals surface area contributed by atoms with Crippen LogP contribution in [0.4, 0.5) is 0 Å². The number of hydrogen-bond acceptors (Lipinski definition) is 3. The Kier molecular flexibility index (Phi) is 7.28. The van der Waals surface area contributed by atoms with Gasteiger partial charge >= 0.3 is 0 Å². The van der Waals surface area contributed by atoms with Gasteiger partial charge in [-0.1, -0.05) is 26.7 Å². The number of nitrogens with zero attached hydrogens (tertiary/aromatic N) is 4. The summed E-state index contributed by atoms with van der Waals surface area (Å²) in [6.07, 6.45) is 7.34. The first-order valence-corrected chi connectivity index (χ1v) is 9.48. The topological polar surface area (TPSA) is 41.4 Å². The summed E-state index contributed by atoms with van der Waals surface area (Å²) in [5.74, 6) is 0.630. The van der Waals surface area contributed by atoms with E-state index in [1.807, 2.05) is 25.1 Å². The third-order valence-corrected chi connectivity index (χ3v) is 4.78. The number of aromatic nitrogens is 2. The maximum Gasteiger partial charge on any atom is 0.271 e. The lowest BCUT2D eigenvalue weighted by Gasteiger charge is -2.22. The molecule has 2 heterocycles. The van der Waals surface area contributed by atoms with Gasteiger partial charge in [0.1, 0.15) is 5.69 Å². The number of carbonyl (C=O) groups excluding carboxylic acids is 1. The Bertz CT molecular complexity index is 515. The van der Waals surface area contributed by atoms with Crippen molar-refractivity contribution in [3.05, 3.63) is 17.5 Å². The normalized spacial score (nSPS) is 16.4. The molecule has 5 heteroatoms. The summed E-state index contributed by atoms with van der Waals surface area (Å²) in [4.78, 5) is 17.0. The van der Waals surface area contributed by atoms with E-state index in [1.54, 1.807) is 4.68 Å². The zero-order chi connectivity index (χ0) is 17.5. The number of likely N-dealkylation sites (tertiary alicyclic amines) is 1. The molecule has 0 atom stereocenters. The third-order valence-electron chi connectivity index (χ3n) is 4.78. The van der Waals surface area contributed by atoms with Crippen molar-refractivity contribution >= 4 is 5.91 Å². The summed E-state index contributed by atoms with van der Waals surface area (Å²) in [6.45, 7) is 8.69. The summed E-state index contributed by atoms with van der Waals surface area (Å²) >= 11 is 0. The zero-order valence-corrected chi connectivity index (χ0v) is 15.9. The van der Waals surface area contributed by atoms with Gasteiger partial charge in [-0.05, 0) is 57.3 Å². The summed E-state index contributed by atoms with van der Waals surface area (Å²) in [5, 5.41) is 4.48. The Hall–Kier alpha value is -1.36. The maximum absolute atomic E-state index is 12.7. The molecule has 0 spiro atoms. The maximum atomic E-state index is 12.7. The monoisotopic (exact) mass is 334 g/mol. The Morgan fingerprint density at radius 3 is 2.54 bits per heavy atom. The summed E-state index contributed by atoms with van der Waals surface area (Å²) in [5.41, 5.74) is 1.71. The molecule has 136 valence electrons. The van der Waals surface area contributed by atoms with Crippen LogP contribution >= 0.6 is 0 Å². The van der Waals surface area contributed by atoms with Gasteiger partial charge in [0.2, 0.25) is 0 Å². The Labute approximate surface area is 147 Å². The van der Waals surface area contributed by atoms with E-state index in [2.05, 4.69) is 23.8 Å². The molecule has 1 aliphatic heterocycles. The van der Waals surface area contributed by atoms with Crippen molar-refractivity contribution in [1.29, 1.82) is 0 Å². The number of carbonyl (C=O) groups is 1. The Morgan fingerprint density at radius 1 is 1.25 bits per heavy atom. The van der Waals surface area contributed by atoms with E-state index in [0.29, 0.717) is 11.6 Å². The second kappa shape index (κ2) is 9.21. The van der Waals surface area contributed by atoms with Crippen LogP contribution in [-0.4, -0.2) is 58.7 Å². The van der Waals surface area contributed by atoms with E-state index < -0.39 is 0 Å². The van der Waals surface area contributed by atoms with Crippen LogP contribution < -0.4 is 0 Å². The lowest BCUT2D eigenvalue weighted by molar-refractivity contribution is 0.0777. The molecular formula is C19H34N4O. The SMILES string of the molecule is CC(C)Cc1cc(C(=O)N(C)CCCN2CCCCCC2)n(C)n1. The van der Waals surface area contributed by atoms with Crippen LogP contribution in [0.5, 0.6) is 0 Å². The molecule has 5 nitrogen and oxygen atoms in total. The molecule has 0 saturated carbocycles. The molecule has 0 bridgehead atoms. The summed E-state index contributed by atoms with van der Waals surface area (Å²) in [7, 11) is 3.77. The van der Waals surface area contributed by atoms with Crippen LogP contribution in [0, 0.1) is 5.92 Å². The highest BCUT2D eigenvalue weighted by Crippen LogP contribution is 2.12. The molecule has 0 unspecified atom stereocenters. The van der Waals surface area contributed by atoms with Crippen molar-refractivity contribution in [3.8, 4) is 0 Å². The first-order chi connectivity index (χ1) is 11.5. The van der Waals surface area contributed by atoms with Crippen molar-refractivity contribution in [2.45, 2.75) is 52.4 Å². The van der Waals surface area contributed by atoms with E-state index in [1.165, 1.54) is 38.8 Å². The van der Waals surface area contributed by atoms with Crippen LogP contribution in [0.2, 0.25) is 0 Å². The molecule has 1 fully saturated rings. The van der Waals surface area contributed by atoms with Gasteiger partial charge in [-0.3, -0.25) is 9.48 Å². The minimum atomic E-state index is 0.0795. The van der Waals surface area contributed by atoms with Crippen LogP contribution in [-0.2, 0) is 13.5 Å². The van der Waals surface area contributed by atoms with E-state index in [4.69, 9.17) is 0 Å². The van der Waals surface area contributed by atoms with E-state index in [0.717, 1.165) is 31.6 Å². The molecule has 0 N–H and O–H groups in total. The van der Waals surface area contributed by atoms with Crippen LogP contribution in [0.15, 0.2) is 6.07 Å². The number of amides is 1. The molecule has 24 heavy (non-hydrogen) atoms. The van der Waals surface area contributed by atoms with Gasteiger partial charge in [0.25, 0.3) is 5.91 Å². The summed E-state index contributed by atoms with van der Waals surface area (Å²) < 4.78 is 1.73. The second-order valence-corrected chi connectivity index (χ2v) is 7.58.